The van der Waals surface area contributed by atoms with Crippen LogP contribution < -0.4 is 0 Å². The molecule has 3 heterocycles. The monoisotopic (exact) mass is 327 g/mol. The van der Waals surface area contributed by atoms with Crippen molar-refractivity contribution in [3.63, 3.8) is 0 Å². The number of hydrogen-bond acceptors (Lipinski definition) is 4. The van der Waals surface area contributed by atoms with Crippen molar-refractivity contribution in [2.24, 2.45) is 0 Å². The second-order valence-electron chi connectivity index (χ2n) is 5.61. The Hall–Kier alpha value is -1.11. The van der Waals surface area contributed by atoms with Crippen LogP contribution in [-0.2, 0) is 16.1 Å². The third kappa shape index (κ3) is 2.67. The summed E-state index contributed by atoms with van der Waals surface area (Å²) in [6.45, 7) is 4.57. The predicted octanol–water partition coefficient (Wildman–Crippen LogP) is 1.27. The van der Waals surface area contributed by atoms with E-state index in [0.717, 1.165) is 17.4 Å². The molecule has 2 fully saturated rings. The largest absolute Gasteiger partial charge is 0.332 e. The summed E-state index contributed by atoms with van der Waals surface area (Å²) in [5.74, 6) is 0.0944. The molecule has 2 saturated heterocycles. The van der Waals surface area contributed by atoms with E-state index < -0.39 is 0 Å². The van der Waals surface area contributed by atoms with Gasteiger partial charge in [0.2, 0.25) is 11.8 Å². The highest BCUT2D eigenvalue weighted by Gasteiger charge is 2.44. The highest BCUT2D eigenvalue weighted by Crippen LogP contribution is 2.25. The fraction of sp³-hybridized carbons (Fsp3) is 0.571. The first-order chi connectivity index (χ1) is 9.97. The summed E-state index contributed by atoms with van der Waals surface area (Å²) < 4.78 is 0.779. The molecule has 0 unspecified atom stereocenters. The lowest BCUT2D eigenvalue weighted by molar-refractivity contribution is -0.163. The fourth-order valence-electron chi connectivity index (χ4n) is 2.95. The average molecular weight is 328 g/mol. The maximum absolute atomic E-state index is 12.4. The Balaban J connectivity index is 1.72. The summed E-state index contributed by atoms with van der Waals surface area (Å²) in [5.41, 5.74) is 0. The molecule has 0 saturated carbocycles. The molecule has 5 nitrogen and oxygen atoms in total. The molecule has 2 atom stereocenters. The molecule has 0 spiro atoms. The van der Waals surface area contributed by atoms with Gasteiger partial charge in [0.15, 0.2) is 0 Å². The fourth-order valence-corrected chi connectivity index (χ4v) is 4.08. The molecule has 0 aromatic carbocycles. The number of rotatable bonds is 2. The van der Waals surface area contributed by atoms with Crippen LogP contribution >= 0.6 is 22.9 Å². The Morgan fingerprint density at radius 2 is 2.05 bits per heavy atom. The molecule has 0 radical (unpaired) electrons. The van der Waals surface area contributed by atoms with Crippen molar-refractivity contribution in [2.75, 3.05) is 26.7 Å². The van der Waals surface area contributed by atoms with Crippen LogP contribution in [0.4, 0.5) is 0 Å². The number of fused-ring (bicyclic) bond motifs is 1. The zero-order chi connectivity index (χ0) is 15.1. The van der Waals surface area contributed by atoms with Crippen molar-refractivity contribution in [2.45, 2.75) is 25.6 Å². The van der Waals surface area contributed by atoms with Gasteiger partial charge >= 0.3 is 0 Å². The smallest absolute Gasteiger partial charge is 0.247 e. The first-order valence-electron chi connectivity index (χ1n) is 7.01. The lowest BCUT2D eigenvalue weighted by Crippen LogP contribution is -2.68. The highest BCUT2D eigenvalue weighted by molar-refractivity contribution is 7.16. The maximum atomic E-state index is 12.4. The van der Waals surface area contributed by atoms with Gasteiger partial charge < -0.3 is 9.80 Å². The van der Waals surface area contributed by atoms with Gasteiger partial charge in [0.05, 0.1) is 4.34 Å². The van der Waals surface area contributed by atoms with Gasteiger partial charge in [0, 0.05) is 38.1 Å². The standard InChI is InChI=1S/C14H18ClN3O2S/c1-9-13(19)18-6-5-17(7-10-3-4-12(15)21-10)8-11(18)14(20)16(9)2/h3-4,9,11H,5-8H2,1-2H3/t9-,11+/m0/s1. The highest BCUT2D eigenvalue weighted by atomic mass is 35.5. The third-order valence-electron chi connectivity index (χ3n) is 4.33. The van der Waals surface area contributed by atoms with E-state index in [1.807, 2.05) is 12.1 Å². The van der Waals surface area contributed by atoms with Gasteiger partial charge in [0.25, 0.3) is 0 Å². The van der Waals surface area contributed by atoms with Gasteiger partial charge in [-0.25, -0.2) is 0 Å². The third-order valence-corrected chi connectivity index (χ3v) is 5.54. The Morgan fingerprint density at radius 3 is 2.71 bits per heavy atom. The van der Waals surface area contributed by atoms with E-state index in [4.69, 9.17) is 11.6 Å². The van der Waals surface area contributed by atoms with E-state index in [1.165, 1.54) is 4.88 Å². The number of amides is 2. The lowest BCUT2D eigenvalue weighted by atomic mass is 10.0. The van der Waals surface area contributed by atoms with Crippen molar-refractivity contribution in [3.05, 3.63) is 21.3 Å². The van der Waals surface area contributed by atoms with Crippen LogP contribution in [0.15, 0.2) is 12.1 Å². The lowest BCUT2D eigenvalue weighted by Gasteiger charge is -2.47. The molecule has 1 aromatic heterocycles. The summed E-state index contributed by atoms with van der Waals surface area (Å²) >= 11 is 7.51. The summed E-state index contributed by atoms with van der Waals surface area (Å²) in [4.78, 5) is 31.4. The number of hydrogen-bond donors (Lipinski definition) is 0. The second kappa shape index (κ2) is 5.59. The average Bonchev–Trinajstić information content (AvgIpc) is 2.88. The van der Waals surface area contributed by atoms with Crippen molar-refractivity contribution >= 4 is 34.8 Å². The summed E-state index contributed by atoms with van der Waals surface area (Å²) in [5, 5.41) is 0. The second-order valence-corrected chi connectivity index (χ2v) is 7.41. The minimum atomic E-state index is -0.351. The molecule has 21 heavy (non-hydrogen) atoms. The van der Waals surface area contributed by atoms with Gasteiger partial charge in [-0.1, -0.05) is 11.6 Å². The van der Waals surface area contributed by atoms with E-state index in [1.54, 1.807) is 35.1 Å². The van der Waals surface area contributed by atoms with Crippen LogP contribution in [0.3, 0.4) is 0 Å². The molecule has 7 heteroatoms. The van der Waals surface area contributed by atoms with Crippen LogP contribution in [0.1, 0.15) is 11.8 Å². The molecule has 0 N–H and O–H groups in total. The predicted molar refractivity (Wildman–Crippen MR) is 82.3 cm³/mol. The van der Waals surface area contributed by atoms with E-state index in [9.17, 15) is 9.59 Å². The van der Waals surface area contributed by atoms with Crippen molar-refractivity contribution < 1.29 is 9.59 Å². The Bertz CT molecular complexity index is 576. The maximum Gasteiger partial charge on any atom is 0.247 e. The SMILES string of the molecule is C[C@H]1C(=O)N2CCN(Cc3ccc(Cl)s3)C[C@@H]2C(=O)N1C. The summed E-state index contributed by atoms with van der Waals surface area (Å²) in [6.07, 6.45) is 0. The summed E-state index contributed by atoms with van der Waals surface area (Å²) in [6, 6.07) is 3.21. The minimum Gasteiger partial charge on any atom is -0.332 e. The molecular weight excluding hydrogens is 310 g/mol. The first-order valence-corrected chi connectivity index (χ1v) is 8.20. The number of nitrogens with zero attached hydrogens (tertiary/aromatic N) is 3. The van der Waals surface area contributed by atoms with Gasteiger partial charge in [-0.2, -0.15) is 0 Å². The zero-order valence-corrected chi connectivity index (χ0v) is 13.7. The normalized spacial score (nSPS) is 27.2. The van der Waals surface area contributed by atoms with Gasteiger partial charge in [0.1, 0.15) is 12.1 Å². The van der Waals surface area contributed by atoms with E-state index in [2.05, 4.69) is 4.90 Å². The van der Waals surface area contributed by atoms with Crippen LogP contribution in [0.5, 0.6) is 0 Å². The molecule has 3 rings (SSSR count). The molecule has 114 valence electrons. The molecular formula is C14H18ClN3O2S. The number of carbonyl (C=O) groups is 2. The van der Waals surface area contributed by atoms with Crippen molar-refractivity contribution in [3.8, 4) is 0 Å². The van der Waals surface area contributed by atoms with E-state index in [-0.39, 0.29) is 23.9 Å². The quantitative estimate of drug-likeness (QED) is 0.822. The summed E-state index contributed by atoms with van der Waals surface area (Å²) in [7, 11) is 1.71. The van der Waals surface area contributed by atoms with Crippen LogP contribution in [0.25, 0.3) is 0 Å². The topological polar surface area (TPSA) is 43.9 Å². The number of likely N-dealkylation sites (N-methyl/N-ethyl adjacent to an activating group) is 1. The molecule has 0 aliphatic carbocycles. The minimum absolute atomic E-state index is 0.0380. The Kier molecular flexibility index (Phi) is 3.94. The van der Waals surface area contributed by atoms with Crippen LogP contribution in [-0.4, -0.2) is 65.3 Å². The van der Waals surface area contributed by atoms with Gasteiger partial charge in [-0.3, -0.25) is 14.5 Å². The molecule has 2 aliphatic rings. The molecule has 2 aliphatic heterocycles. The van der Waals surface area contributed by atoms with Crippen LogP contribution in [0.2, 0.25) is 4.34 Å². The molecule has 0 bridgehead atoms. The van der Waals surface area contributed by atoms with Gasteiger partial charge in [-0.05, 0) is 19.1 Å². The van der Waals surface area contributed by atoms with E-state index >= 15 is 0 Å². The number of halogens is 1. The molecule has 2 amide bonds. The van der Waals surface area contributed by atoms with E-state index in [0.29, 0.717) is 13.1 Å². The van der Waals surface area contributed by atoms with Gasteiger partial charge in [-0.15, -0.1) is 11.3 Å². The van der Waals surface area contributed by atoms with Crippen molar-refractivity contribution in [1.82, 2.24) is 14.7 Å². The Labute approximate surface area is 133 Å². The first kappa shape index (κ1) is 14.8. The molecule has 1 aromatic rings. The number of piperazine rings is 2. The van der Waals surface area contributed by atoms with Crippen LogP contribution in [0, 0.1) is 0 Å². The van der Waals surface area contributed by atoms with Crippen molar-refractivity contribution in [1.29, 1.82) is 0 Å². The number of carbonyl (C=O) groups excluding carboxylic acids is 2. The zero-order valence-electron chi connectivity index (χ0n) is 12.1. The number of thiophene rings is 1. The Morgan fingerprint density at radius 1 is 1.29 bits per heavy atom.